The third-order valence-electron chi connectivity index (χ3n) is 3.44. The van der Waals surface area contributed by atoms with E-state index in [0.29, 0.717) is 23.9 Å². The van der Waals surface area contributed by atoms with Crippen LogP contribution < -0.4 is 0 Å². The van der Waals surface area contributed by atoms with Gasteiger partial charge in [0.05, 0.1) is 4.90 Å². The van der Waals surface area contributed by atoms with Gasteiger partial charge < -0.3 is 0 Å². The molecule has 0 N–H and O–H groups in total. The van der Waals surface area contributed by atoms with Gasteiger partial charge in [-0.2, -0.15) is 16.1 Å². The molecule has 1 aliphatic rings. The summed E-state index contributed by atoms with van der Waals surface area (Å²) in [6.07, 6.45) is 0.962. The number of thioether (sulfide) groups is 1. The van der Waals surface area contributed by atoms with Gasteiger partial charge in [-0.05, 0) is 25.5 Å². The monoisotopic (exact) mass is 313 g/mol. The molecule has 0 spiro atoms. The normalized spacial score (nSPS) is 20.8. The minimum atomic E-state index is -3.49. The number of hydrogen-bond acceptors (Lipinski definition) is 4. The van der Waals surface area contributed by atoms with Crippen molar-refractivity contribution in [3.8, 4) is 0 Å². The molecule has 1 saturated heterocycles. The molecule has 0 saturated carbocycles. The quantitative estimate of drug-likeness (QED) is 0.801. The Balaban J connectivity index is 2.30. The molecule has 1 fully saturated rings. The number of benzene rings is 1. The number of carbonyl (C=O) groups is 1. The van der Waals surface area contributed by atoms with Crippen LogP contribution in [0.25, 0.3) is 0 Å². The van der Waals surface area contributed by atoms with Gasteiger partial charge in [0.2, 0.25) is 10.0 Å². The van der Waals surface area contributed by atoms with Crippen LogP contribution in [0.4, 0.5) is 0 Å². The van der Waals surface area contributed by atoms with Crippen molar-refractivity contribution in [1.29, 1.82) is 0 Å². The fourth-order valence-corrected chi connectivity index (χ4v) is 5.10. The van der Waals surface area contributed by atoms with Gasteiger partial charge in [-0.15, -0.1) is 0 Å². The Kier molecular flexibility index (Phi) is 4.88. The Morgan fingerprint density at radius 1 is 1.45 bits per heavy atom. The summed E-state index contributed by atoms with van der Waals surface area (Å²) in [5.74, 6) is 0.701. The van der Waals surface area contributed by atoms with Gasteiger partial charge in [-0.3, -0.25) is 4.79 Å². The maximum absolute atomic E-state index is 12.6. The van der Waals surface area contributed by atoms with E-state index in [9.17, 15) is 13.2 Å². The molecule has 4 nitrogen and oxygen atoms in total. The first-order chi connectivity index (χ1) is 9.45. The Bertz CT molecular complexity index is 598. The molecule has 0 aromatic heterocycles. The van der Waals surface area contributed by atoms with E-state index >= 15 is 0 Å². The summed E-state index contributed by atoms with van der Waals surface area (Å²) in [4.78, 5) is 11.6. The molecule has 0 aliphatic carbocycles. The summed E-state index contributed by atoms with van der Waals surface area (Å²) in [6, 6.07) is 6.30. The minimum Gasteiger partial charge on any atom is -0.295 e. The first-order valence-corrected chi connectivity index (χ1v) is 9.16. The lowest BCUT2D eigenvalue weighted by Crippen LogP contribution is -2.41. The van der Waals surface area contributed by atoms with E-state index in [4.69, 9.17) is 0 Å². The third-order valence-corrected chi connectivity index (χ3v) is 6.67. The molecule has 1 aromatic rings. The van der Waals surface area contributed by atoms with E-state index in [2.05, 4.69) is 6.92 Å². The first kappa shape index (κ1) is 15.5. The summed E-state index contributed by atoms with van der Waals surface area (Å²) >= 11 is 1.83. The fraction of sp³-hybridized carbons (Fsp3) is 0.500. The zero-order valence-electron chi connectivity index (χ0n) is 11.7. The van der Waals surface area contributed by atoms with Crippen LogP contribution in [0.2, 0.25) is 0 Å². The topological polar surface area (TPSA) is 54.5 Å². The van der Waals surface area contributed by atoms with Crippen LogP contribution >= 0.6 is 11.8 Å². The molecule has 110 valence electrons. The smallest absolute Gasteiger partial charge is 0.243 e. The molecule has 1 unspecified atom stereocenters. The molecule has 6 heteroatoms. The van der Waals surface area contributed by atoms with Crippen LogP contribution in [0.3, 0.4) is 0 Å². The predicted octanol–water partition coefficient (Wildman–Crippen LogP) is 2.41. The van der Waals surface area contributed by atoms with Crippen LogP contribution in [0, 0.1) is 0 Å². The van der Waals surface area contributed by atoms with E-state index in [0.717, 1.165) is 12.2 Å². The zero-order chi connectivity index (χ0) is 14.8. The van der Waals surface area contributed by atoms with Crippen LogP contribution in [0.5, 0.6) is 0 Å². The lowest BCUT2D eigenvalue weighted by molar-refractivity contribution is 0.101. The second kappa shape index (κ2) is 6.28. The van der Waals surface area contributed by atoms with Gasteiger partial charge in [-0.25, -0.2) is 8.42 Å². The molecule has 1 aliphatic heterocycles. The molecule has 0 amide bonds. The summed E-state index contributed by atoms with van der Waals surface area (Å²) in [7, 11) is -3.49. The molecular weight excluding hydrogens is 294 g/mol. The van der Waals surface area contributed by atoms with Crippen LogP contribution in [0.1, 0.15) is 30.6 Å². The van der Waals surface area contributed by atoms with Gasteiger partial charge in [0.25, 0.3) is 0 Å². The number of ketones is 1. The van der Waals surface area contributed by atoms with Gasteiger partial charge in [0.1, 0.15) is 0 Å². The lowest BCUT2D eigenvalue weighted by atomic mass is 10.2. The predicted molar refractivity (Wildman–Crippen MR) is 81.7 cm³/mol. The second-order valence-electron chi connectivity index (χ2n) is 4.85. The summed E-state index contributed by atoms with van der Waals surface area (Å²) in [5.41, 5.74) is 0.435. The van der Waals surface area contributed by atoms with Crippen molar-refractivity contribution in [3.05, 3.63) is 29.8 Å². The Hall–Kier alpha value is -0.850. The van der Waals surface area contributed by atoms with Crippen LogP contribution in [-0.4, -0.2) is 42.6 Å². The van der Waals surface area contributed by atoms with Crippen molar-refractivity contribution >= 4 is 27.6 Å². The summed E-state index contributed by atoms with van der Waals surface area (Å²) in [6.45, 7) is 4.60. The van der Waals surface area contributed by atoms with Crippen molar-refractivity contribution in [3.63, 3.8) is 0 Å². The third kappa shape index (κ3) is 3.24. The molecule has 2 rings (SSSR count). The minimum absolute atomic E-state index is 0.123. The van der Waals surface area contributed by atoms with Crippen molar-refractivity contribution < 1.29 is 13.2 Å². The number of sulfonamides is 1. The number of hydrogen-bond donors (Lipinski definition) is 0. The van der Waals surface area contributed by atoms with Gasteiger partial charge in [0, 0.05) is 29.7 Å². The van der Waals surface area contributed by atoms with Gasteiger partial charge in [0.15, 0.2) is 5.78 Å². The van der Waals surface area contributed by atoms with Crippen molar-refractivity contribution in [2.24, 2.45) is 0 Å². The molecule has 1 atom stereocenters. The van der Waals surface area contributed by atoms with Crippen molar-refractivity contribution in [2.75, 3.05) is 18.8 Å². The highest BCUT2D eigenvalue weighted by molar-refractivity contribution is 8.00. The Morgan fingerprint density at radius 2 is 2.20 bits per heavy atom. The SMILES string of the molecule is CCC1CN(S(=O)(=O)c2cccc(C(C)=O)c2)CCS1. The Morgan fingerprint density at radius 3 is 2.85 bits per heavy atom. The molecule has 1 aromatic carbocycles. The van der Waals surface area contributed by atoms with Gasteiger partial charge >= 0.3 is 0 Å². The Labute approximate surface area is 124 Å². The number of nitrogens with zero attached hydrogens (tertiary/aromatic N) is 1. The van der Waals surface area contributed by atoms with E-state index in [-0.39, 0.29) is 10.7 Å². The molecule has 20 heavy (non-hydrogen) atoms. The maximum Gasteiger partial charge on any atom is 0.243 e. The highest BCUT2D eigenvalue weighted by Crippen LogP contribution is 2.26. The highest BCUT2D eigenvalue weighted by Gasteiger charge is 2.30. The number of rotatable bonds is 4. The second-order valence-corrected chi connectivity index (χ2v) is 8.19. The molecule has 1 heterocycles. The first-order valence-electron chi connectivity index (χ1n) is 6.68. The zero-order valence-corrected chi connectivity index (χ0v) is 13.3. The van der Waals surface area contributed by atoms with Crippen LogP contribution in [-0.2, 0) is 10.0 Å². The van der Waals surface area contributed by atoms with Crippen LogP contribution in [0.15, 0.2) is 29.2 Å². The van der Waals surface area contributed by atoms with Crippen molar-refractivity contribution in [2.45, 2.75) is 30.4 Å². The molecule has 0 radical (unpaired) electrons. The standard InChI is InChI=1S/C14H19NO3S2/c1-3-13-10-15(7-8-19-13)20(17,18)14-6-4-5-12(9-14)11(2)16/h4-6,9,13H,3,7-8,10H2,1-2H3. The lowest BCUT2D eigenvalue weighted by Gasteiger charge is -2.31. The van der Waals surface area contributed by atoms with E-state index in [1.54, 1.807) is 18.2 Å². The largest absolute Gasteiger partial charge is 0.295 e. The van der Waals surface area contributed by atoms with E-state index in [1.807, 2.05) is 11.8 Å². The van der Waals surface area contributed by atoms with E-state index in [1.165, 1.54) is 17.3 Å². The average molecular weight is 313 g/mol. The number of carbonyl (C=O) groups excluding carboxylic acids is 1. The molecule has 0 bridgehead atoms. The van der Waals surface area contributed by atoms with Gasteiger partial charge in [-0.1, -0.05) is 19.1 Å². The van der Waals surface area contributed by atoms with Crippen molar-refractivity contribution in [1.82, 2.24) is 4.31 Å². The summed E-state index contributed by atoms with van der Waals surface area (Å²) < 4.78 is 26.8. The number of Topliss-reactive ketones (excluding diaryl/α,β-unsaturated/α-hetero) is 1. The summed E-state index contributed by atoms with van der Waals surface area (Å²) in [5, 5.41) is 0.356. The highest BCUT2D eigenvalue weighted by atomic mass is 32.2. The average Bonchev–Trinajstić information content (AvgIpc) is 2.47. The maximum atomic E-state index is 12.6. The molecular formula is C14H19NO3S2. The fourth-order valence-electron chi connectivity index (χ4n) is 2.18. The van der Waals surface area contributed by atoms with E-state index < -0.39 is 10.0 Å².